The molecule has 4 fully saturated rings. The minimum atomic E-state index is -0.285. The average molecular weight is 336 g/mol. The quantitative estimate of drug-likeness (QED) is 0.451. The molecule has 2 aliphatic carbocycles. The van der Waals surface area contributed by atoms with Gasteiger partial charge in [0, 0.05) is 4.43 Å². The van der Waals surface area contributed by atoms with Gasteiger partial charge in [0.15, 0.2) is 0 Å². The third-order valence-corrected chi connectivity index (χ3v) is 5.99. The van der Waals surface area contributed by atoms with E-state index in [0.29, 0.717) is 6.61 Å². The molecule has 0 atom stereocenters. The maximum atomic E-state index is 12.2. The second-order valence-corrected chi connectivity index (χ2v) is 6.19. The molecule has 2 saturated carbocycles. The summed E-state index contributed by atoms with van der Waals surface area (Å²) >= 11 is 2.38. The van der Waals surface area contributed by atoms with Gasteiger partial charge >= 0.3 is 5.97 Å². The summed E-state index contributed by atoms with van der Waals surface area (Å²) in [5, 5.41) is 0. The predicted molar refractivity (Wildman–Crippen MR) is 67.6 cm³/mol. The molecule has 2 aliphatic heterocycles. The van der Waals surface area contributed by atoms with Crippen molar-refractivity contribution >= 4 is 28.6 Å². The van der Waals surface area contributed by atoms with Gasteiger partial charge < -0.3 is 9.47 Å². The maximum Gasteiger partial charge on any atom is 0.315 e. The van der Waals surface area contributed by atoms with Crippen LogP contribution in [0.25, 0.3) is 0 Å². The van der Waals surface area contributed by atoms with Crippen molar-refractivity contribution in [1.82, 2.24) is 0 Å². The zero-order valence-electron chi connectivity index (χ0n) is 9.55. The lowest BCUT2D eigenvalue weighted by Crippen LogP contribution is -2.57. The lowest BCUT2D eigenvalue weighted by atomic mass is 9.51. The van der Waals surface area contributed by atoms with Crippen LogP contribution in [0.15, 0.2) is 0 Å². The van der Waals surface area contributed by atoms with Crippen LogP contribution in [0.5, 0.6) is 0 Å². The first-order valence-corrected chi connectivity index (χ1v) is 7.58. The monoisotopic (exact) mass is 336 g/mol. The van der Waals surface area contributed by atoms with Gasteiger partial charge in [-0.2, -0.15) is 0 Å². The van der Waals surface area contributed by atoms with Crippen LogP contribution in [0, 0.1) is 5.41 Å². The summed E-state index contributed by atoms with van der Waals surface area (Å²) in [5.74, 6) is -0.00678. The summed E-state index contributed by atoms with van der Waals surface area (Å²) in [5.41, 5.74) is -0.440. The summed E-state index contributed by atoms with van der Waals surface area (Å²) in [7, 11) is 0. The van der Waals surface area contributed by atoms with Crippen LogP contribution < -0.4 is 0 Å². The molecular weight excluding hydrogens is 319 g/mol. The largest absolute Gasteiger partial charge is 0.465 e. The number of carbonyl (C=O) groups is 1. The van der Waals surface area contributed by atoms with Crippen molar-refractivity contribution in [2.24, 2.45) is 5.41 Å². The molecule has 2 heterocycles. The van der Waals surface area contributed by atoms with Crippen molar-refractivity contribution in [3.63, 3.8) is 0 Å². The molecule has 1 spiro atoms. The fourth-order valence-electron chi connectivity index (χ4n) is 3.75. The molecule has 3 nitrogen and oxygen atoms in total. The molecule has 0 unspecified atom stereocenters. The van der Waals surface area contributed by atoms with Gasteiger partial charge in [-0.1, -0.05) is 22.6 Å². The number of hydrogen-bond donors (Lipinski definition) is 0. The number of hydrogen-bond acceptors (Lipinski definition) is 3. The zero-order valence-corrected chi connectivity index (χ0v) is 11.7. The van der Waals surface area contributed by atoms with E-state index in [9.17, 15) is 4.79 Å². The fourth-order valence-corrected chi connectivity index (χ4v) is 4.45. The first-order valence-electron chi connectivity index (χ1n) is 6.05. The van der Waals surface area contributed by atoms with Gasteiger partial charge in [0.05, 0.1) is 17.8 Å². The van der Waals surface area contributed by atoms with Crippen molar-refractivity contribution in [1.29, 1.82) is 0 Å². The van der Waals surface area contributed by atoms with E-state index in [1.54, 1.807) is 0 Å². The van der Waals surface area contributed by atoms with E-state index in [1.807, 2.05) is 6.92 Å². The van der Waals surface area contributed by atoms with Gasteiger partial charge in [-0.15, -0.1) is 0 Å². The summed E-state index contributed by atoms with van der Waals surface area (Å²) in [6.45, 7) is 2.36. The van der Waals surface area contributed by atoms with Gasteiger partial charge in [-0.25, -0.2) is 0 Å². The Morgan fingerprint density at radius 3 is 2.56 bits per heavy atom. The van der Waals surface area contributed by atoms with Gasteiger partial charge in [0.2, 0.25) is 0 Å². The molecule has 0 aromatic heterocycles. The van der Waals surface area contributed by atoms with Crippen molar-refractivity contribution in [2.45, 2.75) is 50.2 Å². The second-order valence-electron chi connectivity index (χ2n) is 5.42. The number of carbonyl (C=O) groups excluding carboxylic acids is 1. The van der Waals surface area contributed by atoms with Gasteiger partial charge in [-0.05, 0) is 39.0 Å². The van der Waals surface area contributed by atoms with Crippen LogP contribution >= 0.6 is 22.6 Å². The topological polar surface area (TPSA) is 35.5 Å². The highest BCUT2D eigenvalue weighted by Crippen LogP contribution is 2.72. The summed E-state index contributed by atoms with van der Waals surface area (Å²) < 4.78 is 12.5. The Labute approximate surface area is 109 Å². The Bertz CT molecular complexity index is 329. The first-order chi connectivity index (χ1) is 7.62. The van der Waals surface area contributed by atoms with E-state index in [4.69, 9.17) is 9.47 Å². The number of alkyl halides is 1. The molecule has 0 aromatic rings. The van der Waals surface area contributed by atoms with Crippen molar-refractivity contribution in [3.05, 3.63) is 0 Å². The van der Waals surface area contributed by atoms with Crippen LogP contribution in [-0.2, 0) is 14.3 Å². The smallest absolute Gasteiger partial charge is 0.315 e. The minimum absolute atomic E-state index is 0.00621. The van der Waals surface area contributed by atoms with Gasteiger partial charge in [0.1, 0.15) is 5.41 Å². The Hall–Kier alpha value is 0.160. The van der Waals surface area contributed by atoms with Crippen molar-refractivity contribution in [2.75, 3.05) is 11.0 Å². The van der Waals surface area contributed by atoms with Gasteiger partial charge in [-0.3, -0.25) is 4.79 Å². The van der Waals surface area contributed by atoms with Crippen molar-refractivity contribution < 1.29 is 14.3 Å². The van der Waals surface area contributed by atoms with Crippen LogP contribution in [0.3, 0.4) is 0 Å². The Morgan fingerprint density at radius 1 is 1.44 bits per heavy atom. The lowest BCUT2D eigenvalue weighted by Gasteiger charge is -2.48. The maximum absolute atomic E-state index is 12.2. The minimum Gasteiger partial charge on any atom is -0.465 e. The zero-order chi connectivity index (χ0) is 11.4. The van der Waals surface area contributed by atoms with E-state index < -0.39 is 0 Å². The number of halogens is 1. The Balaban J connectivity index is 1.88. The van der Waals surface area contributed by atoms with Crippen LogP contribution in [0.1, 0.15) is 39.0 Å². The highest BCUT2D eigenvalue weighted by Gasteiger charge is 2.79. The van der Waals surface area contributed by atoms with Crippen LogP contribution in [-0.4, -0.2) is 28.2 Å². The molecule has 90 valence electrons. The Kier molecular flexibility index (Phi) is 2.35. The van der Waals surface area contributed by atoms with Crippen LogP contribution in [0.2, 0.25) is 0 Å². The molecule has 16 heavy (non-hydrogen) atoms. The van der Waals surface area contributed by atoms with Gasteiger partial charge in [0.25, 0.3) is 0 Å². The molecule has 4 aliphatic rings. The normalized spacial score (nSPS) is 42.6. The van der Waals surface area contributed by atoms with E-state index in [2.05, 4.69) is 22.6 Å². The number of rotatable bonds is 3. The molecule has 0 radical (unpaired) electrons. The molecule has 0 N–H and O–H groups in total. The third kappa shape index (κ3) is 1.10. The summed E-state index contributed by atoms with van der Waals surface area (Å²) in [6.07, 6.45) is 5.07. The molecule has 2 bridgehead atoms. The number of ether oxygens (including phenoxy) is 2. The summed E-state index contributed by atoms with van der Waals surface area (Å²) in [6, 6.07) is 0. The first kappa shape index (κ1) is 11.3. The standard InChI is InChI=1S/C12H17IO3/c1-2-15-9(14)11-6-10(7-11,8-13)16-12(11)4-3-5-12/h2-8H2,1H3. The third-order valence-electron chi connectivity index (χ3n) is 4.60. The van der Waals surface area contributed by atoms with E-state index >= 15 is 0 Å². The number of esters is 1. The second kappa shape index (κ2) is 3.34. The van der Waals surface area contributed by atoms with Crippen molar-refractivity contribution in [3.8, 4) is 0 Å². The molecule has 0 amide bonds. The van der Waals surface area contributed by atoms with Crippen LogP contribution in [0.4, 0.5) is 0 Å². The molecule has 4 heteroatoms. The highest BCUT2D eigenvalue weighted by molar-refractivity contribution is 14.1. The molecule has 4 rings (SSSR count). The molecule has 2 saturated heterocycles. The summed E-state index contributed by atoms with van der Waals surface area (Å²) in [4.78, 5) is 12.2. The lowest BCUT2D eigenvalue weighted by molar-refractivity contribution is -0.170. The highest BCUT2D eigenvalue weighted by atomic mass is 127. The Morgan fingerprint density at radius 2 is 2.12 bits per heavy atom. The molecule has 0 aromatic carbocycles. The SMILES string of the molecule is CCOC(=O)C12CC(CI)(C1)OC21CCC1. The van der Waals surface area contributed by atoms with E-state index in [0.717, 1.165) is 30.1 Å². The average Bonchev–Trinajstić information content (AvgIpc) is 2.63. The fraction of sp³-hybridized carbons (Fsp3) is 0.917. The predicted octanol–water partition coefficient (Wildman–Crippen LogP) is 2.46. The van der Waals surface area contributed by atoms with E-state index in [1.165, 1.54) is 6.42 Å². The van der Waals surface area contributed by atoms with E-state index in [-0.39, 0.29) is 22.6 Å². The molecular formula is C12H17IO3.